The normalized spacial score (nSPS) is 29.2. The Labute approximate surface area is 79.3 Å². The predicted molar refractivity (Wildman–Crippen MR) is 50.3 cm³/mol. The maximum Gasteiger partial charge on any atom is 0.161 e. The molecule has 1 rings (SSSR count). The Morgan fingerprint density at radius 3 is 2.85 bits per heavy atom. The molecule has 1 fully saturated rings. The first-order valence-electron chi connectivity index (χ1n) is 4.77. The van der Waals surface area contributed by atoms with E-state index in [-0.39, 0.29) is 19.0 Å². The lowest BCUT2D eigenvalue weighted by Crippen LogP contribution is -2.15. The molecule has 0 aromatic heterocycles. The van der Waals surface area contributed by atoms with Crippen molar-refractivity contribution in [2.45, 2.75) is 32.7 Å². The highest BCUT2D eigenvalue weighted by atomic mass is 16.7. The van der Waals surface area contributed by atoms with Gasteiger partial charge in [-0.3, -0.25) is 0 Å². The summed E-state index contributed by atoms with van der Waals surface area (Å²) in [4.78, 5) is 0. The topological polar surface area (TPSA) is 38.7 Å². The van der Waals surface area contributed by atoms with Crippen LogP contribution in [0.4, 0.5) is 0 Å². The van der Waals surface area contributed by atoms with Crippen molar-refractivity contribution in [3.8, 4) is 0 Å². The Morgan fingerprint density at radius 2 is 2.31 bits per heavy atom. The van der Waals surface area contributed by atoms with Gasteiger partial charge in [-0.2, -0.15) is 0 Å². The van der Waals surface area contributed by atoms with Crippen LogP contribution in [0.25, 0.3) is 0 Å². The second-order valence-electron chi connectivity index (χ2n) is 3.61. The van der Waals surface area contributed by atoms with Crippen molar-refractivity contribution in [2.75, 3.05) is 13.2 Å². The van der Waals surface area contributed by atoms with Crippen LogP contribution in [0.1, 0.15) is 20.3 Å². The second kappa shape index (κ2) is 5.37. The molecule has 0 amide bonds. The van der Waals surface area contributed by atoms with Gasteiger partial charge in [0.25, 0.3) is 0 Å². The number of aliphatic hydroxyl groups is 1. The van der Waals surface area contributed by atoms with Gasteiger partial charge in [-0.05, 0) is 5.92 Å². The summed E-state index contributed by atoms with van der Waals surface area (Å²) in [5.74, 6) is 0.565. The Morgan fingerprint density at radius 1 is 1.54 bits per heavy atom. The van der Waals surface area contributed by atoms with Crippen LogP contribution in [-0.4, -0.2) is 30.7 Å². The van der Waals surface area contributed by atoms with E-state index in [1.165, 1.54) is 0 Å². The van der Waals surface area contributed by atoms with E-state index in [0.29, 0.717) is 12.5 Å². The van der Waals surface area contributed by atoms with Crippen LogP contribution in [0.2, 0.25) is 0 Å². The SMILES string of the molecule is CC(C)/C=C/CC1OCC(CO)O1. The average Bonchev–Trinajstić information content (AvgIpc) is 2.52. The van der Waals surface area contributed by atoms with Gasteiger partial charge in [0, 0.05) is 6.42 Å². The lowest BCUT2D eigenvalue weighted by atomic mass is 10.2. The molecule has 3 heteroatoms. The lowest BCUT2D eigenvalue weighted by molar-refractivity contribution is -0.0616. The number of rotatable bonds is 4. The second-order valence-corrected chi connectivity index (χ2v) is 3.61. The fraction of sp³-hybridized carbons (Fsp3) is 0.800. The summed E-state index contributed by atoms with van der Waals surface area (Å²) in [6, 6.07) is 0. The predicted octanol–water partition coefficient (Wildman–Crippen LogP) is 1.32. The van der Waals surface area contributed by atoms with Gasteiger partial charge in [-0.1, -0.05) is 26.0 Å². The van der Waals surface area contributed by atoms with Crippen molar-refractivity contribution in [1.29, 1.82) is 0 Å². The molecule has 1 N–H and O–H groups in total. The average molecular weight is 186 g/mol. The van der Waals surface area contributed by atoms with E-state index in [2.05, 4.69) is 26.0 Å². The Bertz CT molecular complexity index is 166. The van der Waals surface area contributed by atoms with E-state index in [1.807, 2.05) is 0 Å². The molecule has 0 aromatic carbocycles. The number of hydrogen-bond donors (Lipinski definition) is 1. The summed E-state index contributed by atoms with van der Waals surface area (Å²) in [5, 5.41) is 8.77. The van der Waals surface area contributed by atoms with Crippen molar-refractivity contribution in [3.63, 3.8) is 0 Å². The monoisotopic (exact) mass is 186 g/mol. The van der Waals surface area contributed by atoms with Gasteiger partial charge in [0.1, 0.15) is 6.10 Å². The van der Waals surface area contributed by atoms with Gasteiger partial charge in [-0.25, -0.2) is 0 Å². The number of hydrogen-bond acceptors (Lipinski definition) is 3. The van der Waals surface area contributed by atoms with Crippen molar-refractivity contribution >= 4 is 0 Å². The molecule has 1 heterocycles. The molecule has 0 aliphatic carbocycles. The molecule has 2 unspecified atom stereocenters. The lowest BCUT2D eigenvalue weighted by Gasteiger charge is -2.07. The van der Waals surface area contributed by atoms with E-state index in [0.717, 1.165) is 6.42 Å². The van der Waals surface area contributed by atoms with Gasteiger partial charge in [0.05, 0.1) is 13.2 Å². The molecule has 0 aromatic rings. The third-order valence-electron chi connectivity index (χ3n) is 1.87. The zero-order valence-corrected chi connectivity index (χ0v) is 8.27. The number of ether oxygens (including phenoxy) is 2. The van der Waals surface area contributed by atoms with Crippen molar-refractivity contribution in [1.82, 2.24) is 0 Å². The van der Waals surface area contributed by atoms with Crippen molar-refractivity contribution < 1.29 is 14.6 Å². The van der Waals surface area contributed by atoms with Crippen LogP contribution in [0.3, 0.4) is 0 Å². The summed E-state index contributed by atoms with van der Waals surface area (Å²) >= 11 is 0. The van der Waals surface area contributed by atoms with E-state index >= 15 is 0 Å². The number of allylic oxidation sites excluding steroid dienone is 1. The maximum absolute atomic E-state index is 8.77. The molecule has 0 spiro atoms. The third-order valence-corrected chi connectivity index (χ3v) is 1.87. The quantitative estimate of drug-likeness (QED) is 0.673. The smallest absolute Gasteiger partial charge is 0.161 e. The zero-order valence-electron chi connectivity index (χ0n) is 8.27. The fourth-order valence-corrected chi connectivity index (χ4v) is 1.19. The third kappa shape index (κ3) is 3.89. The van der Waals surface area contributed by atoms with Crippen LogP contribution < -0.4 is 0 Å². The van der Waals surface area contributed by atoms with Gasteiger partial charge in [0.2, 0.25) is 0 Å². The van der Waals surface area contributed by atoms with E-state index < -0.39 is 0 Å². The molecule has 2 atom stereocenters. The first-order chi connectivity index (χ1) is 6.22. The molecular weight excluding hydrogens is 168 g/mol. The van der Waals surface area contributed by atoms with Crippen molar-refractivity contribution in [3.05, 3.63) is 12.2 Å². The van der Waals surface area contributed by atoms with E-state index in [4.69, 9.17) is 14.6 Å². The summed E-state index contributed by atoms with van der Waals surface area (Å²) < 4.78 is 10.7. The van der Waals surface area contributed by atoms with Gasteiger partial charge >= 0.3 is 0 Å². The molecule has 13 heavy (non-hydrogen) atoms. The molecule has 1 saturated heterocycles. The first kappa shape index (κ1) is 10.7. The van der Waals surface area contributed by atoms with E-state index in [1.54, 1.807) is 0 Å². The van der Waals surface area contributed by atoms with Crippen LogP contribution in [-0.2, 0) is 9.47 Å². The van der Waals surface area contributed by atoms with Crippen LogP contribution in [0.15, 0.2) is 12.2 Å². The highest BCUT2D eigenvalue weighted by molar-refractivity contribution is 4.86. The molecule has 0 bridgehead atoms. The highest BCUT2D eigenvalue weighted by Gasteiger charge is 2.23. The first-order valence-corrected chi connectivity index (χ1v) is 4.77. The van der Waals surface area contributed by atoms with Crippen LogP contribution >= 0.6 is 0 Å². The Balaban J connectivity index is 2.17. The minimum Gasteiger partial charge on any atom is -0.394 e. The van der Waals surface area contributed by atoms with E-state index in [9.17, 15) is 0 Å². The summed E-state index contributed by atoms with van der Waals surface area (Å²) in [7, 11) is 0. The summed E-state index contributed by atoms with van der Waals surface area (Å²) in [6.07, 6.45) is 4.67. The Kier molecular flexibility index (Phi) is 4.42. The highest BCUT2D eigenvalue weighted by Crippen LogP contribution is 2.14. The maximum atomic E-state index is 8.77. The van der Waals surface area contributed by atoms with Gasteiger partial charge < -0.3 is 14.6 Å². The molecule has 0 saturated carbocycles. The summed E-state index contributed by atoms with van der Waals surface area (Å²) in [5.41, 5.74) is 0. The minimum atomic E-state index is -0.160. The van der Waals surface area contributed by atoms with Crippen LogP contribution in [0.5, 0.6) is 0 Å². The molecule has 3 nitrogen and oxygen atoms in total. The molecule has 76 valence electrons. The zero-order chi connectivity index (χ0) is 9.68. The van der Waals surface area contributed by atoms with Crippen LogP contribution in [0, 0.1) is 5.92 Å². The molecule has 1 aliphatic rings. The van der Waals surface area contributed by atoms with Crippen molar-refractivity contribution in [2.24, 2.45) is 5.92 Å². The standard InChI is InChI=1S/C10H18O3/c1-8(2)4-3-5-10-12-7-9(6-11)13-10/h3-4,8-11H,5-7H2,1-2H3/b4-3+. The minimum absolute atomic E-state index is 0.0460. The fourth-order valence-electron chi connectivity index (χ4n) is 1.19. The molecule has 1 aliphatic heterocycles. The molecule has 0 radical (unpaired) electrons. The largest absolute Gasteiger partial charge is 0.394 e. The summed E-state index contributed by atoms with van der Waals surface area (Å²) in [6.45, 7) is 4.81. The van der Waals surface area contributed by atoms with Gasteiger partial charge in [0.15, 0.2) is 6.29 Å². The number of aliphatic hydroxyl groups excluding tert-OH is 1. The molecular formula is C10H18O3. The Hall–Kier alpha value is -0.380. The van der Waals surface area contributed by atoms with Gasteiger partial charge in [-0.15, -0.1) is 0 Å².